The van der Waals surface area contributed by atoms with Crippen molar-refractivity contribution in [3.63, 3.8) is 0 Å². The van der Waals surface area contributed by atoms with Crippen molar-refractivity contribution in [2.45, 2.75) is 46.6 Å². The molecule has 1 rings (SSSR count). The number of nitrogens with one attached hydrogen (secondary N) is 2. The summed E-state index contributed by atoms with van der Waals surface area (Å²) in [7, 11) is 0. The molecule has 0 radical (unpaired) electrons. The van der Waals surface area contributed by atoms with Crippen LogP contribution in [-0.4, -0.2) is 18.1 Å². The monoisotopic (exact) mass is 248 g/mol. The first-order valence-corrected chi connectivity index (χ1v) is 6.40. The Morgan fingerprint density at radius 1 is 1.17 bits per heavy atom. The zero-order valence-corrected chi connectivity index (χ0v) is 12.1. The lowest BCUT2D eigenvalue weighted by Gasteiger charge is -2.20. The molecule has 3 heteroatoms. The number of hydrogen-bond acceptors (Lipinski definition) is 1. The normalized spacial score (nSPS) is 11.2. The second-order valence-electron chi connectivity index (χ2n) is 5.80. The number of benzene rings is 1. The summed E-state index contributed by atoms with van der Waals surface area (Å²) in [5.74, 6) is 0. The van der Waals surface area contributed by atoms with Crippen LogP contribution in [0.2, 0.25) is 0 Å². The van der Waals surface area contributed by atoms with Gasteiger partial charge in [-0.1, -0.05) is 18.2 Å². The van der Waals surface area contributed by atoms with E-state index in [1.54, 1.807) is 0 Å². The van der Waals surface area contributed by atoms with Crippen molar-refractivity contribution in [3.8, 4) is 0 Å². The van der Waals surface area contributed by atoms with Gasteiger partial charge < -0.3 is 10.6 Å². The molecule has 2 amide bonds. The van der Waals surface area contributed by atoms with Crippen molar-refractivity contribution >= 4 is 6.03 Å². The van der Waals surface area contributed by atoms with Crippen LogP contribution in [0.25, 0.3) is 0 Å². The summed E-state index contributed by atoms with van der Waals surface area (Å²) in [5, 5.41) is 5.75. The highest BCUT2D eigenvalue weighted by Gasteiger charge is 2.12. The molecule has 0 saturated heterocycles. The fraction of sp³-hybridized carbons (Fsp3) is 0.533. The average Bonchev–Trinajstić information content (AvgIpc) is 2.20. The largest absolute Gasteiger partial charge is 0.338 e. The summed E-state index contributed by atoms with van der Waals surface area (Å²) in [6, 6.07) is 6.32. The highest BCUT2D eigenvalue weighted by molar-refractivity contribution is 5.74. The van der Waals surface area contributed by atoms with Crippen molar-refractivity contribution < 1.29 is 4.79 Å². The molecule has 18 heavy (non-hydrogen) atoms. The molecule has 0 spiro atoms. The molecular formula is C15H24N2O. The second-order valence-corrected chi connectivity index (χ2v) is 5.80. The Bertz CT molecular complexity index is 419. The molecule has 0 aliphatic heterocycles. The van der Waals surface area contributed by atoms with Crippen molar-refractivity contribution in [2.75, 3.05) is 6.54 Å². The number of carbonyl (C=O) groups excluding carboxylic acids is 1. The topological polar surface area (TPSA) is 41.1 Å². The van der Waals surface area contributed by atoms with Gasteiger partial charge in [0.1, 0.15) is 0 Å². The minimum atomic E-state index is -0.190. The molecule has 0 bridgehead atoms. The first kappa shape index (κ1) is 14.6. The quantitative estimate of drug-likeness (QED) is 0.848. The van der Waals surface area contributed by atoms with Gasteiger partial charge in [0, 0.05) is 12.1 Å². The van der Waals surface area contributed by atoms with Crippen molar-refractivity contribution in [1.82, 2.24) is 10.6 Å². The van der Waals surface area contributed by atoms with Gasteiger partial charge in [0.2, 0.25) is 0 Å². The van der Waals surface area contributed by atoms with Crippen LogP contribution in [0.3, 0.4) is 0 Å². The minimum absolute atomic E-state index is 0.105. The molecule has 3 nitrogen and oxygen atoms in total. The van der Waals surface area contributed by atoms with Gasteiger partial charge in [-0.2, -0.15) is 0 Å². The van der Waals surface area contributed by atoms with Crippen LogP contribution >= 0.6 is 0 Å². The fourth-order valence-electron chi connectivity index (χ4n) is 1.66. The van der Waals surface area contributed by atoms with Gasteiger partial charge in [-0.05, 0) is 57.7 Å². The number of amides is 2. The number of urea groups is 1. The summed E-state index contributed by atoms with van der Waals surface area (Å²) < 4.78 is 0. The van der Waals surface area contributed by atoms with Crippen LogP contribution in [0, 0.1) is 13.8 Å². The van der Waals surface area contributed by atoms with Gasteiger partial charge in [0.25, 0.3) is 0 Å². The maximum absolute atomic E-state index is 11.5. The lowest BCUT2D eigenvalue weighted by molar-refractivity contribution is 0.232. The van der Waals surface area contributed by atoms with Crippen LogP contribution < -0.4 is 10.6 Å². The van der Waals surface area contributed by atoms with E-state index in [1.807, 2.05) is 20.8 Å². The van der Waals surface area contributed by atoms with Crippen molar-refractivity contribution in [3.05, 3.63) is 34.9 Å². The van der Waals surface area contributed by atoms with Crippen molar-refractivity contribution in [2.24, 2.45) is 0 Å². The van der Waals surface area contributed by atoms with Gasteiger partial charge in [-0.25, -0.2) is 4.79 Å². The summed E-state index contributed by atoms with van der Waals surface area (Å²) >= 11 is 0. The van der Waals surface area contributed by atoms with Crippen LogP contribution in [0.1, 0.15) is 37.5 Å². The lowest BCUT2D eigenvalue weighted by Crippen LogP contribution is -2.46. The molecule has 100 valence electrons. The third kappa shape index (κ3) is 5.21. The first-order chi connectivity index (χ1) is 8.28. The maximum atomic E-state index is 11.5. The maximum Gasteiger partial charge on any atom is 0.315 e. The van der Waals surface area contributed by atoms with E-state index in [9.17, 15) is 4.79 Å². The fourth-order valence-corrected chi connectivity index (χ4v) is 1.66. The summed E-state index contributed by atoms with van der Waals surface area (Å²) in [6.07, 6.45) is 0.860. The highest BCUT2D eigenvalue weighted by Crippen LogP contribution is 2.09. The molecule has 0 aliphatic carbocycles. The van der Waals surface area contributed by atoms with E-state index >= 15 is 0 Å². The SMILES string of the molecule is Cc1ccc(CCNC(=O)NC(C)(C)C)cc1C. The zero-order valence-electron chi connectivity index (χ0n) is 12.1. The van der Waals surface area contributed by atoms with E-state index in [0.29, 0.717) is 6.54 Å². The molecule has 2 N–H and O–H groups in total. The first-order valence-electron chi connectivity index (χ1n) is 6.40. The Hall–Kier alpha value is -1.51. The third-order valence-corrected chi connectivity index (χ3v) is 2.76. The smallest absolute Gasteiger partial charge is 0.315 e. The minimum Gasteiger partial charge on any atom is -0.338 e. The molecule has 1 aromatic rings. The molecule has 0 atom stereocenters. The number of hydrogen-bond donors (Lipinski definition) is 2. The average molecular weight is 248 g/mol. The van der Waals surface area contributed by atoms with Crippen molar-refractivity contribution in [1.29, 1.82) is 0 Å². The Morgan fingerprint density at radius 2 is 1.83 bits per heavy atom. The van der Waals surface area contributed by atoms with Gasteiger partial charge >= 0.3 is 6.03 Å². The second kappa shape index (κ2) is 5.89. The molecule has 0 aromatic heterocycles. The summed E-state index contributed by atoms with van der Waals surface area (Å²) in [5.41, 5.74) is 3.67. The molecule has 0 saturated carbocycles. The van der Waals surface area contributed by atoms with E-state index in [-0.39, 0.29) is 11.6 Å². The molecule has 0 fully saturated rings. The standard InChI is InChI=1S/C15H24N2O/c1-11-6-7-13(10-12(11)2)8-9-16-14(18)17-15(3,4)5/h6-7,10H,8-9H2,1-5H3,(H2,16,17,18). The van der Waals surface area contributed by atoms with E-state index < -0.39 is 0 Å². The highest BCUT2D eigenvalue weighted by atomic mass is 16.2. The van der Waals surface area contributed by atoms with Crippen LogP contribution in [-0.2, 0) is 6.42 Å². The van der Waals surface area contributed by atoms with Gasteiger partial charge in [-0.15, -0.1) is 0 Å². The number of aryl methyl sites for hydroxylation is 2. The Morgan fingerprint density at radius 3 is 2.39 bits per heavy atom. The predicted molar refractivity (Wildman–Crippen MR) is 75.9 cm³/mol. The van der Waals surface area contributed by atoms with E-state index in [1.165, 1.54) is 16.7 Å². The molecule has 0 heterocycles. The van der Waals surface area contributed by atoms with Crippen LogP contribution in [0.5, 0.6) is 0 Å². The lowest BCUT2D eigenvalue weighted by atomic mass is 10.0. The van der Waals surface area contributed by atoms with E-state index in [4.69, 9.17) is 0 Å². The Kier molecular flexibility index (Phi) is 4.76. The number of rotatable bonds is 3. The molecule has 0 unspecified atom stereocenters. The Balaban J connectivity index is 2.38. The summed E-state index contributed by atoms with van der Waals surface area (Å²) in [6.45, 7) is 10.8. The van der Waals surface area contributed by atoms with Crippen LogP contribution in [0.4, 0.5) is 4.79 Å². The molecule has 1 aromatic carbocycles. The molecular weight excluding hydrogens is 224 g/mol. The number of carbonyl (C=O) groups is 1. The van der Waals surface area contributed by atoms with Gasteiger partial charge in [0.05, 0.1) is 0 Å². The molecule has 0 aliphatic rings. The van der Waals surface area contributed by atoms with Gasteiger partial charge in [0.15, 0.2) is 0 Å². The predicted octanol–water partition coefficient (Wildman–Crippen LogP) is 2.94. The third-order valence-electron chi connectivity index (χ3n) is 2.76. The zero-order chi connectivity index (χ0) is 13.8. The van der Waals surface area contributed by atoms with Gasteiger partial charge in [-0.3, -0.25) is 0 Å². The Labute approximate surface area is 110 Å². The van der Waals surface area contributed by atoms with E-state index in [2.05, 4.69) is 42.7 Å². The summed E-state index contributed by atoms with van der Waals surface area (Å²) in [4.78, 5) is 11.5. The van der Waals surface area contributed by atoms with E-state index in [0.717, 1.165) is 6.42 Å². The van der Waals surface area contributed by atoms with Crippen LogP contribution in [0.15, 0.2) is 18.2 Å².